The molecule has 1 aliphatic rings. The molecule has 1 fully saturated rings. The lowest BCUT2D eigenvalue weighted by Crippen LogP contribution is -2.37. The van der Waals surface area contributed by atoms with Crippen LogP contribution >= 0.6 is 0 Å². The summed E-state index contributed by atoms with van der Waals surface area (Å²) in [6, 6.07) is 6.58. The molecule has 20 heavy (non-hydrogen) atoms. The Bertz CT molecular complexity index is 503. The van der Waals surface area contributed by atoms with Gasteiger partial charge in [-0.15, -0.1) is 0 Å². The molecule has 0 aromatic heterocycles. The lowest BCUT2D eigenvalue weighted by atomic mass is 9.75. The van der Waals surface area contributed by atoms with Gasteiger partial charge in [0.1, 0.15) is 5.82 Å². The average molecular weight is 274 g/mol. The molecule has 0 atom stereocenters. The average Bonchev–Trinajstić information content (AvgIpc) is 2.38. The van der Waals surface area contributed by atoms with Crippen LogP contribution in [0.15, 0.2) is 18.2 Å². The lowest BCUT2D eigenvalue weighted by molar-refractivity contribution is 0.108. The fourth-order valence-electron chi connectivity index (χ4n) is 3.00. The van der Waals surface area contributed by atoms with E-state index in [9.17, 15) is 4.39 Å². The summed E-state index contributed by atoms with van der Waals surface area (Å²) in [4.78, 5) is 2.33. The zero-order valence-corrected chi connectivity index (χ0v) is 12.6. The van der Waals surface area contributed by atoms with Crippen LogP contribution in [0.1, 0.15) is 44.7 Å². The number of likely N-dealkylation sites (tertiary alicyclic amines) is 1. The fourth-order valence-corrected chi connectivity index (χ4v) is 3.00. The quantitative estimate of drug-likeness (QED) is 0.816. The van der Waals surface area contributed by atoms with Gasteiger partial charge in [-0.05, 0) is 61.0 Å². The van der Waals surface area contributed by atoms with E-state index in [1.807, 2.05) is 0 Å². The van der Waals surface area contributed by atoms with Crippen molar-refractivity contribution in [1.29, 1.82) is 5.26 Å². The molecule has 1 aromatic carbocycles. The van der Waals surface area contributed by atoms with Gasteiger partial charge in [0.15, 0.2) is 0 Å². The molecular weight excluding hydrogens is 251 g/mol. The van der Waals surface area contributed by atoms with Crippen molar-refractivity contribution in [2.24, 2.45) is 11.3 Å². The molecule has 0 spiro atoms. The van der Waals surface area contributed by atoms with Crippen LogP contribution < -0.4 is 0 Å². The minimum Gasteiger partial charge on any atom is -0.299 e. The molecule has 1 aromatic rings. The van der Waals surface area contributed by atoms with Gasteiger partial charge in [-0.3, -0.25) is 4.90 Å². The van der Waals surface area contributed by atoms with Crippen LogP contribution in [0.4, 0.5) is 4.39 Å². The molecule has 2 rings (SSSR count). The van der Waals surface area contributed by atoms with Crippen molar-refractivity contribution in [2.75, 3.05) is 13.1 Å². The molecule has 1 aliphatic heterocycles. The van der Waals surface area contributed by atoms with Crippen LogP contribution in [-0.2, 0) is 6.54 Å². The highest BCUT2D eigenvalue weighted by atomic mass is 19.1. The van der Waals surface area contributed by atoms with Crippen molar-refractivity contribution in [2.45, 2.75) is 40.2 Å². The topological polar surface area (TPSA) is 27.0 Å². The normalized spacial score (nSPS) is 17.9. The largest absolute Gasteiger partial charge is 0.299 e. The van der Waals surface area contributed by atoms with E-state index in [1.165, 1.54) is 25.0 Å². The molecule has 3 heteroatoms. The summed E-state index contributed by atoms with van der Waals surface area (Å²) < 4.78 is 13.3. The smallest absolute Gasteiger partial charge is 0.123 e. The standard InChI is InChI=1S/C17H23FN2/c1-17(2,3)15-6-8-20(9-7-15)12-14-10-16(18)5-4-13(14)11-19/h4-5,10,15H,6-9,12H2,1-3H3. The van der Waals surface area contributed by atoms with Gasteiger partial charge < -0.3 is 0 Å². The Balaban J connectivity index is 2.00. The Labute approximate surface area is 121 Å². The van der Waals surface area contributed by atoms with Gasteiger partial charge in [-0.2, -0.15) is 5.26 Å². The number of nitrogens with zero attached hydrogens (tertiary/aromatic N) is 2. The van der Waals surface area contributed by atoms with Crippen LogP contribution in [0, 0.1) is 28.5 Å². The third-order valence-electron chi connectivity index (χ3n) is 4.39. The molecule has 1 saturated heterocycles. The van der Waals surface area contributed by atoms with Crippen molar-refractivity contribution >= 4 is 0 Å². The Morgan fingerprint density at radius 1 is 1.30 bits per heavy atom. The molecule has 0 radical (unpaired) electrons. The second kappa shape index (κ2) is 5.93. The maximum Gasteiger partial charge on any atom is 0.123 e. The molecule has 0 aliphatic carbocycles. The van der Waals surface area contributed by atoms with Crippen LogP contribution in [0.25, 0.3) is 0 Å². The minimum atomic E-state index is -0.261. The summed E-state index contributed by atoms with van der Waals surface area (Å²) in [7, 11) is 0. The van der Waals surface area contributed by atoms with Crippen LogP contribution in [0.2, 0.25) is 0 Å². The summed E-state index contributed by atoms with van der Waals surface area (Å²) in [5, 5.41) is 9.10. The molecule has 108 valence electrons. The highest BCUT2D eigenvalue weighted by Gasteiger charge is 2.28. The summed E-state index contributed by atoms with van der Waals surface area (Å²) in [5.41, 5.74) is 1.76. The molecule has 2 nitrogen and oxygen atoms in total. The summed E-state index contributed by atoms with van der Waals surface area (Å²) >= 11 is 0. The predicted octanol–water partition coefficient (Wildman–Crippen LogP) is 3.96. The van der Waals surface area contributed by atoms with Gasteiger partial charge in [-0.25, -0.2) is 4.39 Å². The fraction of sp³-hybridized carbons (Fsp3) is 0.588. The first-order valence-electron chi connectivity index (χ1n) is 7.31. The number of halogens is 1. The number of hydrogen-bond donors (Lipinski definition) is 0. The van der Waals surface area contributed by atoms with Crippen molar-refractivity contribution < 1.29 is 4.39 Å². The van der Waals surface area contributed by atoms with Gasteiger partial charge in [0.05, 0.1) is 11.6 Å². The molecule has 1 heterocycles. The minimum absolute atomic E-state index is 0.261. The third-order valence-corrected chi connectivity index (χ3v) is 4.39. The summed E-state index contributed by atoms with van der Waals surface area (Å²) in [6.45, 7) is 9.64. The SMILES string of the molecule is CC(C)(C)C1CCN(Cc2cc(F)ccc2C#N)CC1. The van der Waals surface area contributed by atoms with Crippen LogP contribution in [0.3, 0.4) is 0 Å². The van der Waals surface area contributed by atoms with Crippen molar-refractivity contribution in [3.8, 4) is 6.07 Å². The van der Waals surface area contributed by atoms with E-state index in [2.05, 4.69) is 31.7 Å². The van der Waals surface area contributed by atoms with Gasteiger partial charge in [0.2, 0.25) is 0 Å². The zero-order chi connectivity index (χ0) is 14.8. The number of piperidine rings is 1. The first-order valence-corrected chi connectivity index (χ1v) is 7.31. The summed E-state index contributed by atoms with van der Waals surface area (Å²) in [6.07, 6.45) is 2.36. The van der Waals surface area contributed by atoms with Crippen molar-refractivity contribution in [1.82, 2.24) is 4.90 Å². The highest BCUT2D eigenvalue weighted by Crippen LogP contribution is 2.34. The van der Waals surface area contributed by atoms with E-state index in [0.29, 0.717) is 17.5 Å². The second-order valence-corrected chi connectivity index (χ2v) is 6.83. The Kier molecular flexibility index (Phi) is 4.45. The third kappa shape index (κ3) is 3.58. The predicted molar refractivity (Wildman–Crippen MR) is 78.6 cm³/mol. The Morgan fingerprint density at radius 2 is 1.95 bits per heavy atom. The van der Waals surface area contributed by atoms with E-state index in [4.69, 9.17) is 5.26 Å². The second-order valence-electron chi connectivity index (χ2n) is 6.83. The number of nitriles is 1. The first kappa shape index (κ1) is 15.0. The maximum atomic E-state index is 13.3. The van der Waals surface area contributed by atoms with E-state index < -0.39 is 0 Å². The molecule has 0 amide bonds. The Hall–Kier alpha value is -1.40. The van der Waals surface area contributed by atoms with E-state index in [-0.39, 0.29) is 5.82 Å². The van der Waals surface area contributed by atoms with Gasteiger partial charge in [-0.1, -0.05) is 20.8 Å². The Morgan fingerprint density at radius 3 is 2.50 bits per heavy atom. The van der Waals surface area contributed by atoms with E-state index in [1.54, 1.807) is 6.07 Å². The van der Waals surface area contributed by atoms with Crippen molar-refractivity contribution in [3.05, 3.63) is 35.1 Å². The first-order chi connectivity index (χ1) is 9.40. The molecule has 0 saturated carbocycles. The summed E-state index contributed by atoms with van der Waals surface area (Å²) in [5.74, 6) is 0.491. The van der Waals surface area contributed by atoms with Gasteiger partial charge in [0.25, 0.3) is 0 Å². The van der Waals surface area contributed by atoms with E-state index >= 15 is 0 Å². The lowest BCUT2D eigenvalue weighted by Gasteiger charge is -2.38. The molecular formula is C17H23FN2. The van der Waals surface area contributed by atoms with Crippen molar-refractivity contribution in [3.63, 3.8) is 0 Å². The van der Waals surface area contributed by atoms with Gasteiger partial charge >= 0.3 is 0 Å². The molecule has 0 N–H and O–H groups in total. The monoisotopic (exact) mass is 274 g/mol. The zero-order valence-electron chi connectivity index (χ0n) is 12.6. The van der Waals surface area contributed by atoms with Crippen LogP contribution in [-0.4, -0.2) is 18.0 Å². The van der Waals surface area contributed by atoms with E-state index in [0.717, 1.165) is 24.6 Å². The van der Waals surface area contributed by atoms with Gasteiger partial charge in [0, 0.05) is 6.54 Å². The maximum absolute atomic E-state index is 13.3. The number of hydrogen-bond acceptors (Lipinski definition) is 2. The van der Waals surface area contributed by atoms with Crippen LogP contribution in [0.5, 0.6) is 0 Å². The number of benzene rings is 1. The molecule has 0 unspecified atom stereocenters. The number of rotatable bonds is 2. The highest BCUT2D eigenvalue weighted by molar-refractivity contribution is 5.37. The molecule has 0 bridgehead atoms.